The Balaban J connectivity index is 2.89. The molecule has 148 valence electrons. The molecule has 0 aliphatic heterocycles. The Kier molecular flexibility index (Phi) is 8.19. The van der Waals surface area contributed by atoms with Crippen LogP contribution in [-0.4, -0.2) is 65.3 Å². The van der Waals surface area contributed by atoms with E-state index in [1.165, 1.54) is 13.0 Å². The maximum atomic E-state index is 12.4. The summed E-state index contributed by atoms with van der Waals surface area (Å²) in [5, 5.41) is 28.2. The summed E-state index contributed by atoms with van der Waals surface area (Å²) in [6.45, 7) is 5.41. The van der Waals surface area contributed by atoms with E-state index >= 15 is 0 Å². The fraction of sp³-hybridized carbons (Fsp3) is 0.706. The Bertz CT molecular complexity index is 563. The highest BCUT2D eigenvalue weighted by atomic mass is 16.3. The molecule has 0 heterocycles. The zero-order valence-electron chi connectivity index (χ0n) is 15.7. The highest BCUT2D eigenvalue weighted by Crippen LogP contribution is 2.20. The zero-order chi connectivity index (χ0) is 20.0. The molecule has 0 aromatic carbocycles. The van der Waals surface area contributed by atoms with Crippen LogP contribution in [0, 0.1) is 5.92 Å². The van der Waals surface area contributed by atoms with E-state index in [1.807, 2.05) is 13.8 Å². The van der Waals surface area contributed by atoms with E-state index in [9.17, 15) is 24.6 Å². The van der Waals surface area contributed by atoms with Crippen LogP contribution in [0.4, 0.5) is 0 Å². The van der Waals surface area contributed by atoms with E-state index in [0.29, 0.717) is 6.42 Å². The highest BCUT2D eigenvalue weighted by molar-refractivity contribution is 5.97. The summed E-state index contributed by atoms with van der Waals surface area (Å²) in [7, 11) is 1.67. The first kappa shape index (κ1) is 22.1. The summed E-state index contributed by atoms with van der Waals surface area (Å²) < 4.78 is 0. The molecule has 0 aromatic rings. The van der Waals surface area contributed by atoms with Crippen LogP contribution >= 0.6 is 0 Å². The van der Waals surface area contributed by atoms with E-state index in [-0.39, 0.29) is 23.8 Å². The second-order valence-electron chi connectivity index (χ2n) is 7.06. The number of amides is 3. The van der Waals surface area contributed by atoms with Gasteiger partial charge in [-0.3, -0.25) is 14.4 Å². The molecule has 5 atom stereocenters. The maximum Gasteiger partial charge on any atom is 0.247 e. The number of hydrogen-bond donors (Lipinski definition) is 6. The van der Waals surface area contributed by atoms with Crippen molar-refractivity contribution in [2.24, 2.45) is 11.7 Å². The Hall–Kier alpha value is -1.97. The van der Waals surface area contributed by atoms with Crippen LogP contribution in [-0.2, 0) is 14.4 Å². The predicted molar refractivity (Wildman–Crippen MR) is 95.7 cm³/mol. The molecule has 5 unspecified atom stereocenters. The molecule has 9 heteroatoms. The van der Waals surface area contributed by atoms with Gasteiger partial charge in [-0.2, -0.15) is 0 Å². The lowest BCUT2D eigenvalue weighted by Gasteiger charge is -2.32. The molecular weight excluding hydrogens is 340 g/mol. The minimum absolute atomic E-state index is 0.0910. The molecule has 9 nitrogen and oxygen atoms in total. The van der Waals surface area contributed by atoms with Crippen molar-refractivity contribution in [2.45, 2.75) is 63.9 Å². The molecule has 0 fully saturated rings. The van der Waals surface area contributed by atoms with Gasteiger partial charge in [0, 0.05) is 12.0 Å². The van der Waals surface area contributed by atoms with Crippen LogP contribution in [0.25, 0.3) is 0 Å². The van der Waals surface area contributed by atoms with Crippen LogP contribution in [0.15, 0.2) is 11.6 Å². The fourth-order valence-electron chi connectivity index (χ4n) is 2.72. The number of rotatable bonds is 8. The van der Waals surface area contributed by atoms with Gasteiger partial charge in [0.25, 0.3) is 0 Å². The number of primary amides is 1. The Morgan fingerprint density at radius 1 is 1.27 bits per heavy atom. The molecule has 3 amide bonds. The third kappa shape index (κ3) is 6.08. The molecule has 0 saturated carbocycles. The average Bonchev–Trinajstić information content (AvgIpc) is 2.55. The first-order valence-corrected chi connectivity index (χ1v) is 8.71. The quantitative estimate of drug-likeness (QED) is 0.295. The van der Waals surface area contributed by atoms with Crippen LogP contribution < -0.4 is 21.7 Å². The number of carbonyl (C=O) groups is 3. The Labute approximate surface area is 153 Å². The van der Waals surface area contributed by atoms with Crippen molar-refractivity contribution in [3.05, 3.63) is 11.6 Å². The SMILES string of the molecule is CNC(CC(C)C)C(=O)NC1C=C(C(=O)NC(C)C(N)=O)CC(O)C1O. The van der Waals surface area contributed by atoms with Gasteiger partial charge in [-0.15, -0.1) is 0 Å². The van der Waals surface area contributed by atoms with Gasteiger partial charge in [0.15, 0.2) is 0 Å². The van der Waals surface area contributed by atoms with Gasteiger partial charge in [-0.25, -0.2) is 0 Å². The summed E-state index contributed by atoms with van der Waals surface area (Å²) in [6, 6.07) is -2.25. The van der Waals surface area contributed by atoms with E-state index in [4.69, 9.17) is 5.73 Å². The first-order valence-electron chi connectivity index (χ1n) is 8.71. The van der Waals surface area contributed by atoms with Gasteiger partial charge >= 0.3 is 0 Å². The van der Waals surface area contributed by atoms with Gasteiger partial charge < -0.3 is 31.9 Å². The topological polar surface area (TPSA) is 154 Å². The fourth-order valence-corrected chi connectivity index (χ4v) is 2.72. The van der Waals surface area contributed by atoms with Crippen molar-refractivity contribution < 1.29 is 24.6 Å². The van der Waals surface area contributed by atoms with Crippen molar-refractivity contribution in [3.63, 3.8) is 0 Å². The number of hydrogen-bond acceptors (Lipinski definition) is 6. The Morgan fingerprint density at radius 2 is 1.88 bits per heavy atom. The summed E-state index contributed by atoms with van der Waals surface area (Å²) in [5.74, 6) is -1.31. The van der Waals surface area contributed by atoms with Crippen LogP contribution in [0.3, 0.4) is 0 Å². The molecule has 1 rings (SSSR count). The van der Waals surface area contributed by atoms with Crippen molar-refractivity contribution in [2.75, 3.05) is 7.05 Å². The Morgan fingerprint density at radius 3 is 2.38 bits per heavy atom. The number of nitrogens with two attached hydrogens (primary N) is 1. The van der Waals surface area contributed by atoms with Crippen molar-refractivity contribution in [1.29, 1.82) is 0 Å². The molecule has 1 aliphatic rings. The van der Waals surface area contributed by atoms with Crippen LogP contribution in [0.1, 0.15) is 33.6 Å². The minimum Gasteiger partial charge on any atom is -0.390 e. The standard InChI is InChI=1S/C17H30N4O5/c1-8(2)5-12(19-4)17(26)21-11-6-10(7-13(22)14(11)23)16(25)20-9(3)15(18)24/h6,8-9,11-14,19,22-23H,5,7H2,1-4H3,(H2,18,24)(H,20,25)(H,21,26). The summed E-state index contributed by atoms with van der Waals surface area (Å²) >= 11 is 0. The first-order chi connectivity index (χ1) is 12.1. The molecule has 7 N–H and O–H groups in total. The van der Waals surface area contributed by atoms with E-state index in [1.54, 1.807) is 7.05 Å². The lowest BCUT2D eigenvalue weighted by Crippen LogP contribution is -2.55. The summed E-state index contributed by atoms with van der Waals surface area (Å²) in [5.41, 5.74) is 5.29. The summed E-state index contributed by atoms with van der Waals surface area (Å²) in [6.07, 6.45) is -0.540. The van der Waals surface area contributed by atoms with E-state index in [2.05, 4.69) is 16.0 Å². The third-order valence-electron chi connectivity index (χ3n) is 4.32. The molecule has 1 aliphatic carbocycles. The molecule has 0 bridgehead atoms. The van der Waals surface area contributed by atoms with Crippen molar-refractivity contribution in [3.8, 4) is 0 Å². The van der Waals surface area contributed by atoms with Crippen molar-refractivity contribution >= 4 is 17.7 Å². The molecular formula is C17H30N4O5. The molecule has 0 aromatic heterocycles. The highest BCUT2D eigenvalue weighted by Gasteiger charge is 2.35. The zero-order valence-corrected chi connectivity index (χ0v) is 15.7. The third-order valence-corrected chi connectivity index (χ3v) is 4.32. The van der Waals surface area contributed by atoms with Gasteiger partial charge in [0.1, 0.15) is 12.1 Å². The number of aliphatic hydroxyl groups excluding tert-OH is 2. The van der Waals surface area contributed by atoms with Gasteiger partial charge in [-0.1, -0.05) is 19.9 Å². The molecule has 0 radical (unpaired) electrons. The lowest BCUT2D eigenvalue weighted by molar-refractivity contribution is -0.126. The van der Waals surface area contributed by atoms with Crippen LogP contribution in [0.2, 0.25) is 0 Å². The molecule has 0 saturated heterocycles. The minimum atomic E-state index is -1.24. The summed E-state index contributed by atoms with van der Waals surface area (Å²) in [4.78, 5) is 35.7. The number of likely N-dealkylation sites (N-methyl/N-ethyl adjacent to an activating group) is 1. The number of aliphatic hydroxyl groups is 2. The average molecular weight is 370 g/mol. The van der Waals surface area contributed by atoms with Gasteiger partial charge in [0.05, 0.1) is 18.2 Å². The second kappa shape index (κ2) is 9.65. The van der Waals surface area contributed by atoms with E-state index < -0.39 is 42.1 Å². The molecule has 26 heavy (non-hydrogen) atoms. The second-order valence-corrected chi connectivity index (χ2v) is 7.06. The largest absolute Gasteiger partial charge is 0.390 e. The number of carbonyl (C=O) groups excluding carboxylic acids is 3. The van der Waals surface area contributed by atoms with E-state index in [0.717, 1.165) is 0 Å². The van der Waals surface area contributed by atoms with Gasteiger partial charge in [-0.05, 0) is 26.3 Å². The van der Waals surface area contributed by atoms with Gasteiger partial charge in [0.2, 0.25) is 17.7 Å². The monoisotopic (exact) mass is 370 g/mol. The number of nitrogens with one attached hydrogen (secondary N) is 3. The smallest absolute Gasteiger partial charge is 0.247 e. The van der Waals surface area contributed by atoms with Crippen molar-refractivity contribution in [1.82, 2.24) is 16.0 Å². The molecule has 0 spiro atoms. The predicted octanol–water partition coefficient (Wildman–Crippen LogP) is -1.85. The normalized spacial score (nSPS) is 25.2. The maximum absolute atomic E-state index is 12.4. The van der Waals surface area contributed by atoms with Crippen LogP contribution in [0.5, 0.6) is 0 Å². The lowest BCUT2D eigenvalue weighted by atomic mass is 9.89.